The highest BCUT2D eigenvalue weighted by Crippen LogP contribution is 2.26. The van der Waals surface area contributed by atoms with Crippen molar-refractivity contribution in [3.63, 3.8) is 0 Å². The van der Waals surface area contributed by atoms with Gasteiger partial charge in [-0.3, -0.25) is 10.00 Å². The number of carbonyl (C=O) groups is 1. The first-order valence-corrected chi connectivity index (χ1v) is 10.9. The van der Waals surface area contributed by atoms with Crippen LogP contribution in [0.25, 0.3) is 0 Å². The molecule has 1 aromatic rings. The number of nitrogens with zero attached hydrogens (tertiary/aromatic N) is 3. The Morgan fingerprint density at radius 2 is 1.85 bits per heavy atom. The Balaban J connectivity index is 1.73. The van der Waals surface area contributed by atoms with Crippen LogP contribution >= 0.6 is 0 Å². The minimum absolute atomic E-state index is 0.0153. The van der Waals surface area contributed by atoms with Crippen LogP contribution in [0.2, 0.25) is 0 Å². The summed E-state index contributed by atoms with van der Waals surface area (Å²) >= 11 is 0. The summed E-state index contributed by atoms with van der Waals surface area (Å²) in [6, 6.07) is 0.580. The fourth-order valence-electron chi connectivity index (χ4n) is 3.91. The second kappa shape index (κ2) is 8.06. The van der Waals surface area contributed by atoms with E-state index in [9.17, 15) is 13.2 Å². The van der Waals surface area contributed by atoms with Gasteiger partial charge in [-0.25, -0.2) is 13.2 Å². The predicted molar refractivity (Wildman–Crippen MR) is 96.5 cm³/mol. The van der Waals surface area contributed by atoms with Crippen molar-refractivity contribution in [3.8, 4) is 0 Å². The van der Waals surface area contributed by atoms with Crippen LogP contribution in [0.1, 0.15) is 55.1 Å². The first-order chi connectivity index (χ1) is 12.4. The SMILES string of the molecule is CCOC(=O)c1c(S(=O)(=O)N2CCN(C3CCCCC3)CC2)n[nH]c1C. The first kappa shape index (κ1) is 19.3. The van der Waals surface area contributed by atoms with Crippen molar-refractivity contribution in [2.45, 2.75) is 57.0 Å². The van der Waals surface area contributed by atoms with Gasteiger partial charge in [0.05, 0.1) is 6.61 Å². The van der Waals surface area contributed by atoms with Crippen LogP contribution in [0.5, 0.6) is 0 Å². The van der Waals surface area contributed by atoms with E-state index in [2.05, 4.69) is 15.1 Å². The standard InChI is InChI=1S/C17H28N4O4S/c1-3-25-17(22)15-13(2)18-19-16(15)26(23,24)21-11-9-20(10-12-21)14-7-5-4-6-8-14/h14H,3-12H2,1-2H3,(H,18,19). The van der Waals surface area contributed by atoms with Crippen molar-refractivity contribution in [3.05, 3.63) is 11.3 Å². The van der Waals surface area contributed by atoms with E-state index in [-0.39, 0.29) is 17.2 Å². The van der Waals surface area contributed by atoms with Crippen LogP contribution in [0.4, 0.5) is 0 Å². The zero-order chi connectivity index (χ0) is 18.7. The average molecular weight is 385 g/mol. The first-order valence-electron chi connectivity index (χ1n) is 9.41. The molecule has 2 aliphatic rings. The zero-order valence-electron chi connectivity index (χ0n) is 15.5. The number of carbonyl (C=O) groups excluding carboxylic acids is 1. The van der Waals surface area contributed by atoms with Crippen molar-refractivity contribution in [1.82, 2.24) is 19.4 Å². The van der Waals surface area contributed by atoms with Gasteiger partial charge in [-0.05, 0) is 26.7 Å². The molecule has 0 spiro atoms. The molecule has 1 aromatic heterocycles. The van der Waals surface area contributed by atoms with E-state index in [1.807, 2.05) is 0 Å². The maximum atomic E-state index is 13.0. The van der Waals surface area contributed by atoms with Gasteiger partial charge in [0, 0.05) is 37.9 Å². The Morgan fingerprint density at radius 3 is 2.46 bits per heavy atom. The molecule has 1 N–H and O–H groups in total. The Hall–Kier alpha value is -1.45. The van der Waals surface area contributed by atoms with Crippen molar-refractivity contribution in [2.75, 3.05) is 32.8 Å². The van der Waals surface area contributed by atoms with Crippen molar-refractivity contribution in [2.24, 2.45) is 0 Å². The van der Waals surface area contributed by atoms with E-state index in [0.717, 1.165) is 13.1 Å². The van der Waals surface area contributed by atoms with E-state index < -0.39 is 16.0 Å². The van der Waals surface area contributed by atoms with Crippen molar-refractivity contribution in [1.29, 1.82) is 0 Å². The lowest BCUT2D eigenvalue weighted by Crippen LogP contribution is -2.52. The molecule has 2 fully saturated rings. The monoisotopic (exact) mass is 384 g/mol. The Morgan fingerprint density at radius 1 is 1.19 bits per heavy atom. The lowest BCUT2D eigenvalue weighted by Gasteiger charge is -2.40. The van der Waals surface area contributed by atoms with E-state index in [0.29, 0.717) is 24.8 Å². The largest absolute Gasteiger partial charge is 0.462 e. The Bertz CT molecular complexity index is 732. The summed E-state index contributed by atoms with van der Waals surface area (Å²) in [7, 11) is -3.83. The van der Waals surface area contributed by atoms with E-state index in [1.54, 1.807) is 13.8 Å². The van der Waals surface area contributed by atoms with Crippen LogP contribution < -0.4 is 0 Å². The third kappa shape index (κ3) is 3.79. The molecule has 3 rings (SSSR count). The molecule has 0 aromatic carbocycles. The van der Waals surface area contributed by atoms with Gasteiger partial charge >= 0.3 is 5.97 Å². The number of rotatable bonds is 5. The summed E-state index contributed by atoms with van der Waals surface area (Å²) in [5, 5.41) is 6.30. The number of ether oxygens (including phenoxy) is 1. The number of aromatic amines is 1. The molecule has 0 radical (unpaired) electrons. The van der Waals surface area contributed by atoms with E-state index in [1.165, 1.54) is 36.4 Å². The molecular weight excluding hydrogens is 356 g/mol. The minimum Gasteiger partial charge on any atom is -0.462 e. The topological polar surface area (TPSA) is 95.6 Å². The highest BCUT2D eigenvalue weighted by atomic mass is 32.2. The summed E-state index contributed by atoms with van der Waals surface area (Å²) in [6.45, 7) is 5.79. The lowest BCUT2D eigenvalue weighted by molar-refractivity contribution is 0.0520. The van der Waals surface area contributed by atoms with Gasteiger partial charge in [0.25, 0.3) is 10.0 Å². The molecule has 8 nitrogen and oxygen atoms in total. The van der Waals surface area contributed by atoms with Crippen molar-refractivity contribution < 1.29 is 17.9 Å². The van der Waals surface area contributed by atoms with Gasteiger partial charge in [-0.2, -0.15) is 9.40 Å². The molecule has 1 saturated heterocycles. The van der Waals surface area contributed by atoms with Crippen molar-refractivity contribution >= 4 is 16.0 Å². The molecule has 0 unspecified atom stereocenters. The maximum Gasteiger partial charge on any atom is 0.343 e. The van der Waals surface area contributed by atoms with Gasteiger partial charge in [-0.1, -0.05) is 19.3 Å². The fourth-order valence-corrected chi connectivity index (χ4v) is 5.46. The van der Waals surface area contributed by atoms with Gasteiger partial charge < -0.3 is 4.74 Å². The number of sulfonamides is 1. The summed E-state index contributed by atoms with van der Waals surface area (Å²) in [4.78, 5) is 14.6. The quantitative estimate of drug-likeness (QED) is 0.774. The zero-order valence-corrected chi connectivity index (χ0v) is 16.3. The van der Waals surface area contributed by atoms with Crippen LogP contribution in [0.15, 0.2) is 5.03 Å². The van der Waals surface area contributed by atoms with E-state index >= 15 is 0 Å². The molecule has 0 bridgehead atoms. The second-order valence-electron chi connectivity index (χ2n) is 6.98. The van der Waals surface area contributed by atoms with Gasteiger partial charge in [0.2, 0.25) is 5.03 Å². The fraction of sp³-hybridized carbons (Fsp3) is 0.765. The summed E-state index contributed by atoms with van der Waals surface area (Å²) in [5.74, 6) is -0.654. The van der Waals surface area contributed by atoms with Crippen LogP contribution in [0.3, 0.4) is 0 Å². The number of hydrogen-bond acceptors (Lipinski definition) is 6. The molecule has 1 saturated carbocycles. The molecule has 1 aliphatic heterocycles. The van der Waals surface area contributed by atoms with Gasteiger partial charge in [-0.15, -0.1) is 0 Å². The molecular formula is C17H28N4O4S. The highest BCUT2D eigenvalue weighted by molar-refractivity contribution is 7.89. The Kier molecular flexibility index (Phi) is 5.99. The summed E-state index contributed by atoms with van der Waals surface area (Å²) in [5.41, 5.74) is 0.421. The van der Waals surface area contributed by atoms with Crippen LogP contribution in [0, 0.1) is 6.92 Å². The molecule has 146 valence electrons. The minimum atomic E-state index is -3.83. The average Bonchev–Trinajstić information content (AvgIpc) is 3.05. The molecule has 0 amide bonds. The molecule has 2 heterocycles. The molecule has 26 heavy (non-hydrogen) atoms. The molecule has 0 atom stereocenters. The lowest BCUT2D eigenvalue weighted by atomic mass is 9.94. The summed E-state index contributed by atoms with van der Waals surface area (Å²) in [6.07, 6.45) is 6.24. The summed E-state index contributed by atoms with van der Waals surface area (Å²) < 4.78 is 32.5. The highest BCUT2D eigenvalue weighted by Gasteiger charge is 2.36. The normalized spacial score (nSPS) is 21.0. The third-order valence-corrected chi connectivity index (χ3v) is 7.17. The Labute approximate surface area is 154 Å². The van der Waals surface area contributed by atoms with Crippen LogP contribution in [-0.4, -0.2) is 72.6 Å². The molecule has 1 aliphatic carbocycles. The number of piperazine rings is 1. The molecule has 9 heteroatoms. The second-order valence-corrected chi connectivity index (χ2v) is 8.83. The van der Waals surface area contributed by atoms with Gasteiger partial charge in [0.15, 0.2) is 0 Å². The number of aromatic nitrogens is 2. The van der Waals surface area contributed by atoms with Gasteiger partial charge in [0.1, 0.15) is 5.56 Å². The third-order valence-electron chi connectivity index (χ3n) is 5.34. The predicted octanol–water partition coefficient (Wildman–Crippen LogP) is 1.53. The van der Waals surface area contributed by atoms with Crippen LogP contribution in [-0.2, 0) is 14.8 Å². The number of hydrogen-bond donors (Lipinski definition) is 1. The number of esters is 1. The van der Waals surface area contributed by atoms with E-state index in [4.69, 9.17) is 4.74 Å². The number of H-pyrrole nitrogens is 1. The number of aryl methyl sites for hydroxylation is 1. The smallest absolute Gasteiger partial charge is 0.343 e. The maximum absolute atomic E-state index is 13.0. The number of nitrogens with one attached hydrogen (secondary N) is 1.